The molecular formula is C15H31NO3. The molecule has 0 aliphatic carbocycles. The summed E-state index contributed by atoms with van der Waals surface area (Å²) in [6.07, 6.45) is 8.73. The molecule has 0 bridgehead atoms. The van der Waals surface area contributed by atoms with Crippen molar-refractivity contribution in [2.45, 2.75) is 70.8 Å². The molecule has 0 aliphatic heterocycles. The number of carbonyl (C=O) groups is 1. The van der Waals surface area contributed by atoms with Crippen molar-refractivity contribution in [3.63, 3.8) is 0 Å². The maximum absolute atomic E-state index is 11.0. The Balaban J connectivity index is 3.38. The Labute approximate surface area is 117 Å². The van der Waals surface area contributed by atoms with E-state index in [1.165, 1.54) is 25.7 Å². The number of aliphatic carboxylic acids is 1. The summed E-state index contributed by atoms with van der Waals surface area (Å²) in [5, 5.41) is 12.0. The van der Waals surface area contributed by atoms with Crippen molar-refractivity contribution in [2.75, 3.05) is 20.3 Å². The van der Waals surface area contributed by atoms with Crippen molar-refractivity contribution in [3.05, 3.63) is 0 Å². The van der Waals surface area contributed by atoms with Gasteiger partial charge in [-0.05, 0) is 39.7 Å². The van der Waals surface area contributed by atoms with E-state index in [0.29, 0.717) is 6.42 Å². The van der Waals surface area contributed by atoms with Crippen LogP contribution in [-0.2, 0) is 9.53 Å². The smallest absolute Gasteiger partial charge is 0.323 e. The molecule has 4 nitrogen and oxygen atoms in total. The van der Waals surface area contributed by atoms with Gasteiger partial charge in [0.15, 0.2) is 0 Å². The van der Waals surface area contributed by atoms with Crippen LogP contribution in [0, 0.1) is 0 Å². The van der Waals surface area contributed by atoms with Crippen LogP contribution in [0.15, 0.2) is 0 Å². The lowest BCUT2D eigenvalue weighted by Gasteiger charge is -2.23. The van der Waals surface area contributed by atoms with E-state index in [2.05, 4.69) is 12.2 Å². The lowest BCUT2D eigenvalue weighted by Crippen LogP contribution is -2.47. The average Bonchev–Trinajstić information content (AvgIpc) is 2.40. The van der Waals surface area contributed by atoms with Crippen LogP contribution in [-0.4, -0.2) is 36.9 Å². The Kier molecular flexibility index (Phi) is 10.9. The number of rotatable bonds is 13. The topological polar surface area (TPSA) is 58.6 Å². The molecular weight excluding hydrogens is 242 g/mol. The van der Waals surface area contributed by atoms with E-state index in [1.54, 1.807) is 14.0 Å². The standard InChI is InChI=1S/C15H31NO3/c1-4-5-6-7-9-12-19-13-10-8-11-15(2,16-3)14(17)18/h16H,4-13H2,1-3H3,(H,17,18). The zero-order chi connectivity index (χ0) is 14.6. The first-order valence-corrected chi connectivity index (χ1v) is 7.57. The molecule has 114 valence electrons. The van der Waals surface area contributed by atoms with Crippen LogP contribution in [0.2, 0.25) is 0 Å². The zero-order valence-corrected chi connectivity index (χ0v) is 12.8. The van der Waals surface area contributed by atoms with Crippen LogP contribution in [0.1, 0.15) is 65.2 Å². The van der Waals surface area contributed by atoms with Crippen molar-refractivity contribution in [1.82, 2.24) is 5.32 Å². The number of unbranched alkanes of at least 4 members (excludes halogenated alkanes) is 5. The predicted molar refractivity (Wildman–Crippen MR) is 78.5 cm³/mol. The molecule has 0 aromatic carbocycles. The molecule has 2 N–H and O–H groups in total. The molecule has 0 radical (unpaired) electrons. The molecule has 0 saturated heterocycles. The summed E-state index contributed by atoms with van der Waals surface area (Å²) in [5.74, 6) is -0.785. The molecule has 0 aliphatic rings. The van der Waals surface area contributed by atoms with Crippen molar-refractivity contribution >= 4 is 5.97 Å². The third-order valence-corrected chi connectivity index (χ3v) is 3.63. The third-order valence-electron chi connectivity index (χ3n) is 3.63. The van der Waals surface area contributed by atoms with Crippen molar-refractivity contribution < 1.29 is 14.6 Å². The number of ether oxygens (including phenoxy) is 1. The van der Waals surface area contributed by atoms with Gasteiger partial charge in [-0.3, -0.25) is 4.79 Å². The van der Waals surface area contributed by atoms with Gasteiger partial charge in [0, 0.05) is 13.2 Å². The van der Waals surface area contributed by atoms with Crippen LogP contribution in [0.5, 0.6) is 0 Å². The summed E-state index contributed by atoms with van der Waals surface area (Å²) in [6.45, 7) is 5.52. The van der Waals surface area contributed by atoms with E-state index >= 15 is 0 Å². The molecule has 0 saturated carbocycles. The molecule has 0 amide bonds. The number of nitrogens with one attached hydrogen (secondary N) is 1. The molecule has 4 heteroatoms. The van der Waals surface area contributed by atoms with Crippen LogP contribution in [0.4, 0.5) is 0 Å². The maximum atomic E-state index is 11.0. The molecule has 1 atom stereocenters. The highest BCUT2D eigenvalue weighted by atomic mass is 16.5. The van der Waals surface area contributed by atoms with Gasteiger partial charge in [0.05, 0.1) is 0 Å². The summed E-state index contributed by atoms with van der Waals surface area (Å²) in [5.41, 5.74) is -0.805. The predicted octanol–water partition coefficient (Wildman–Crippen LogP) is 3.21. The first-order valence-electron chi connectivity index (χ1n) is 7.57. The van der Waals surface area contributed by atoms with Gasteiger partial charge >= 0.3 is 5.97 Å². The van der Waals surface area contributed by atoms with Gasteiger partial charge < -0.3 is 15.2 Å². The summed E-state index contributed by atoms with van der Waals surface area (Å²) in [4.78, 5) is 11.0. The molecule has 1 unspecified atom stereocenters. The second-order valence-electron chi connectivity index (χ2n) is 5.37. The highest BCUT2D eigenvalue weighted by molar-refractivity contribution is 5.78. The summed E-state index contributed by atoms with van der Waals surface area (Å²) in [6, 6.07) is 0. The fraction of sp³-hybridized carbons (Fsp3) is 0.933. The fourth-order valence-electron chi connectivity index (χ4n) is 1.93. The number of carboxylic acid groups (broad SMARTS) is 1. The fourth-order valence-corrected chi connectivity index (χ4v) is 1.93. The van der Waals surface area contributed by atoms with Crippen LogP contribution in [0.3, 0.4) is 0 Å². The Morgan fingerprint density at radius 2 is 1.68 bits per heavy atom. The normalized spacial score (nSPS) is 14.3. The van der Waals surface area contributed by atoms with E-state index in [4.69, 9.17) is 9.84 Å². The van der Waals surface area contributed by atoms with Gasteiger partial charge in [-0.1, -0.05) is 32.6 Å². The Morgan fingerprint density at radius 1 is 1.11 bits per heavy atom. The molecule has 19 heavy (non-hydrogen) atoms. The lowest BCUT2D eigenvalue weighted by molar-refractivity contribution is -0.144. The molecule has 0 heterocycles. The van der Waals surface area contributed by atoms with Crippen LogP contribution >= 0.6 is 0 Å². The summed E-state index contributed by atoms with van der Waals surface area (Å²) >= 11 is 0. The molecule has 0 fully saturated rings. The second-order valence-corrected chi connectivity index (χ2v) is 5.37. The number of hydrogen-bond acceptors (Lipinski definition) is 3. The molecule has 0 rings (SSSR count). The quantitative estimate of drug-likeness (QED) is 0.506. The van der Waals surface area contributed by atoms with Crippen LogP contribution in [0.25, 0.3) is 0 Å². The van der Waals surface area contributed by atoms with E-state index in [0.717, 1.165) is 32.5 Å². The van der Waals surface area contributed by atoms with Gasteiger partial charge in [-0.25, -0.2) is 0 Å². The molecule has 0 aromatic heterocycles. The van der Waals surface area contributed by atoms with Crippen LogP contribution < -0.4 is 5.32 Å². The monoisotopic (exact) mass is 273 g/mol. The highest BCUT2D eigenvalue weighted by Gasteiger charge is 2.29. The lowest BCUT2D eigenvalue weighted by atomic mass is 9.95. The Morgan fingerprint density at radius 3 is 2.21 bits per heavy atom. The minimum atomic E-state index is -0.805. The van der Waals surface area contributed by atoms with Gasteiger partial charge in [0.25, 0.3) is 0 Å². The summed E-state index contributed by atoms with van der Waals surface area (Å²) in [7, 11) is 1.70. The van der Waals surface area contributed by atoms with Gasteiger partial charge in [0.1, 0.15) is 5.54 Å². The van der Waals surface area contributed by atoms with Gasteiger partial charge in [-0.15, -0.1) is 0 Å². The minimum absolute atomic E-state index is 0.638. The van der Waals surface area contributed by atoms with Gasteiger partial charge in [-0.2, -0.15) is 0 Å². The molecule has 0 aromatic rings. The Hall–Kier alpha value is -0.610. The number of hydrogen-bond donors (Lipinski definition) is 2. The highest BCUT2D eigenvalue weighted by Crippen LogP contribution is 2.13. The number of carboxylic acids is 1. The minimum Gasteiger partial charge on any atom is -0.480 e. The van der Waals surface area contributed by atoms with Gasteiger partial charge in [0.2, 0.25) is 0 Å². The van der Waals surface area contributed by atoms with E-state index in [9.17, 15) is 4.79 Å². The van der Waals surface area contributed by atoms with Crippen molar-refractivity contribution in [1.29, 1.82) is 0 Å². The number of likely N-dealkylation sites (N-methyl/N-ethyl adjacent to an activating group) is 1. The van der Waals surface area contributed by atoms with Crippen molar-refractivity contribution in [3.8, 4) is 0 Å². The first-order chi connectivity index (χ1) is 9.06. The van der Waals surface area contributed by atoms with Crippen molar-refractivity contribution in [2.24, 2.45) is 0 Å². The SMILES string of the molecule is CCCCCCCOCCCCC(C)(NC)C(=O)O. The largest absolute Gasteiger partial charge is 0.480 e. The van der Waals surface area contributed by atoms with E-state index in [-0.39, 0.29) is 0 Å². The second kappa shape index (κ2) is 11.2. The average molecular weight is 273 g/mol. The maximum Gasteiger partial charge on any atom is 0.323 e. The zero-order valence-electron chi connectivity index (χ0n) is 12.8. The van der Waals surface area contributed by atoms with E-state index in [1.807, 2.05) is 0 Å². The third kappa shape index (κ3) is 9.00. The van der Waals surface area contributed by atoms with E-state index < -0.39 is 11.5 Å². The Bertz CT molecular complexity index is 233. The molecule has 0 spiro atoms. The summed E-state index contributed by atoms with van der Waals surface area (Å²) < 4.78 is 5.55. The first kappa shape index (κ1) is 18.4.